The fourth-order valence-corrected chi connectivity index (χ4v) is 17.7. The number of urea groups is 1. The van der Waals surface area contributed by atoms with Gasteiger partial charge in [0.1, 0.15) is 5.75 Å². The molecule has 9 aliphatic rings. The summed E-state index contributed by atoms with van der Waals surface area (Å²) in [6, 6.07) is 42.1. The van der Waals surface area contributed by atoms with Crippen molar-refractivity contribution in [2.24, 2.45) is 64.6 Å². The molecule has 2 unspecified atom stereocenters. The average Bonchev–Trinajstić information content (AvgIpc) is 0.791. The van der Waals surface area contributed by atoms with Gasteiger partial charge in [-0.1, -0.05) is 247 Å². The first-order chi connectivity index (χ1) is 52.5. The molecule has 4 aliphatic heterocycles. The number of carbonyl (C=O) groups is 1. The zero-order valence-electron chi connectivity index (χ0n) is 72.8. The second-order valence-corrected chi connectivity index (χ2v) is 36.8. The second kappa shape index (κ2) is 47.8. The number of hydrogen-bond acceptors (Lipinski definition) is 9. The summed E-state index contributed by atoms with van der Waals surface area (Å²) in [4.78, 5) is 16.2. The third kappa shape index (κ3) is 30.2. The number of halogens is 1. The SMILES string of the molecule is CC(C)C12CC3CC(CC(C3)C1)C2.CC(C)C1CCCCC1.CC(C)C1CCCN(C(=O)N[C@@H]2CCNC2)C1.CC(C)C1CCCNC1.CC(C)c1ccc2c(c1)OCO2.CC(C)c1cccc(Cl)c1.CC(C)c1cccc(N(C)C)c1.CC(C)c1cccc2ccccc12.COc1cc(C(C)C)cc(CO)c1CO. The Hall–Kier alpha value is -5.82. The molecule has 4 heterocycles. The number of carbonyl (C=O) groups excluding carboxylic acids is 1. The molecule has 0 spiro atoms. The maximum Gasteiger partial charge on any atom is 0.317 e. The van der Waals surface area contributed by atoms with Gasteiger partial charge in [0, 0.05) is 56.0 Å². The molecule has 5 saturated carbocycles. The highest BCUT2D eigenvalue weighted by molar-refractivity contribution is 6.30. The van der Waals surface area contributed by atoms with Crippen LogP contribution in [0.5, 0.6) is 17.2 Å². The van der Waals surface area contributed by atoms with Crippen LogP contribution in [0.3, 0.4) is 0 Å². The quantitative estimate of drug-likeness (QED) is 0.0724. The highest BCUT2D eigenvalue weighted by Crippen LogP contribution is 2.62. The van der Waals surface area contributed by atoms with Gasteiger partial charge >= 0.3 is 6.03 Å². The minimum absolute atomic E-state index is 0.0766. The van der Waals surface area contributed by atoms with E-state index in [1.165, 1.54) is 103 Å². The van der Waals surface area contributed by atoms with E-state index in [9.17, 15) is 15.0 Å². The van der Waals surface area contributed by atoms with Crippen LogP contribution in [0.25, 0.3) is 10.8 Å². The second-order valence-electron chi connectivity index (χ2n) is 36.3. The Labute approximate surface area is 675 Å². The van der Waals surface area contributed by atoms with Crippen molar-refractivity contribution in [2.45, 2.75) is 276 Å². The van der Waals surface area contributed by atoms with Crippen molar-refractivity contribution in [3.05, 3.63) is 165 Å². The normalized spacial score (nSPS) is 21.5. The van der Waals surface area contributed by atoms with E-state index in [0.717, 1.165) is 119 Å². The Morgan fingerprint density at radius 2 is 1.11 bits per heavy atom. The molecule has 614 valence electrons. The number of methoxy groups -OCH3 is 1. The molecule has 6 aromatic carbocycles. The zero-order valence-corrected chi connectivity index (χ0v) is 73.5. The Balaban J connectivity index is 0.000000194. The number of hydrogen-bond donors (Lipinski definition) is 5. The predicted octanol–water partition coefficient (Wildman–Crippen LogP) is 24.8. The van der Waals surface area contributed by atoms with Crippen LogP contribution >= 0.6 is 11.6 Å². The number of likely N-dealkylation sites (tertiary alicyclic amines) is 1. The molecule has 0 radical (unpaired) electrons. The van der Waals surface area contributed by atoms with Crippen LogP contribution in [0.2, 0.25) is 5.02 Å². The van der Waals surface area contributed by atoms with Crippen LogP contribution < -0.4 is 35.1 Å². The molecule has 11 nitrogen and oxygen atoms in total. The Morgan fingerprint density at radius 3 is 1.61 bits per heavy atom. The lowest BCUT2D eigenvalue weighted by atomic mass is 9.47. The highest BCUT2D eigenvalue weighted by atomic mass is 35.5. The number of amides is 2. The number of ether oxygens (including phenoxy) is 3. The fraction of sp³-hybridized carbons (Fsp3) is 0.643. The van der Waals surface area contributed by atoms with Crippen molar-refractivity contribution >= 4 is 34.1 Å². The first kappa shape index (κ1) is 93.0. The molecular weight excluding hydrogens is 1380 g/mol. The van der Waals surface area contributed by atoms with Gasteiger partial charge in [0.25, 0.3) is 0 Å². The molecule has 8 fully saturated rings. The summed E-state index contributed by atoms with van der Waals surface area (Å²) in [6.45, 7) is 47.0. The molecule has 15 rings (SSSR count). The monoisotopic (exact) mass is 1530 g/mol. The first-order valence-electron chi connectivity index (χ1n) is 43.2. The fourth-order valence-electron chi connectivity index (χ4n) is 17.5. The van der Waals surface area contributed by atoms with Gasteiger partial charge in [-0.3, -0.25) is 0 Å². The van der Waals surface area contributed by atoms with Crippen molar-refractivity contribution in [1.82, 2.24) is 20.9 Å². The van der Waals surface area contributed by atoms with Gasteiger partial charge in [-0.15, -0.1) is 0 Å². The predicted molar refractivity (Wildman–Crippen MR) is 470 cm³/mol. The van der Waals surface area contributed by atoms with Gasteiger partial charge in [0.15, 0.2) is 11.5 Å². The van der Waals surface area contributed by atoms with Crippen molar-refractivity contribution in [2.75, 3.05) is 72.2 Å². The minimum atomic E-state index is -0.114. The molecule has 5 aliphatic carbocycles. The third-order valence-electron chi connectivity index (χ3n) is 24.9. The summed E-state index contributed by atoms with van der Waals surface area (Å²) in [5.41, 5.74) is 10.0. The van der Waals surface area contributed by atoms with E-state index in [-0.39, 0.29) is 19.2 Å². The molecule has 12 heteroatoms. The number of benzene rings is 6. The molecule has 3 saturated heterocycles. The van der Waals surface area contributed by atoms with E-state index in [0.29, 0.717) is 65.6 Å². The summed E-state index contributed by atoms with van der Waals surface area (Å²) in [5.74, 6) is 14.6. The third-order valence-corrected chi connectivity index (χ3v) is 25.1. The van der Waals surface area contributed by atoms with Crippen LogP contribution in [-0.4, -0.2) is 94.5 Å². The zero-order chi connectivity index (χ0) is 80.6. The van der Waals surface area contributed by atoms with E-state index in [1.807, 2.05) is 47.4 Å². The number of piperidine rings is 2. The lowest BCUT2D eigenvalue weighted by Gasteiger charge is -2.58. The largest absolute Gasteiger partial charge is 0.496 e. The Kier molecular flexibility index (Phi) is 40.4. The molecule has 5 N–H and O–H groups in total. The highest BCUT2D eigenvalue weighted by Gasteiger charge is 2.52. The smallest absolute Gasteiger partial charge is 0.317 e. The number of nitrogens with one attached hydrogen (secondary N) is 3. The lowest BCUT2D eigenvalue weighted by Crippen LogP contribution is -2.49. The van der Waals surface area contributed by atoms with E-state index in [1.54, 1.807) is 45.6 Å². The van der Waals surface area contributed by atoms with E-state index >= 15 is 0 Å². The molecule has 3 atom stereocenters. The first-order valence-corrected chi connectivity index (χ1v) is 43.6. The Morgan fingerprint density at radius 1 is 0.555 bits per heavy atom. The van der Waals surface area contributed by atoms with Crippen molar-refractivity contribution in [3.8, 4) is 17.2 Å². The summed E-state index contributed by atoms with van der Waals surface area (Å²) >= 11 is 5.79. The number of aliphatic hydroxyl groups is 2. The number of rotatable bonds is 14. The molecule has 110 heavy (non-hydrogen) atoms. The van der Waals surface area contributed by atoms with E-state index in [2.05, 4.69) is 238 Å². The maximum atomic E-state index is 12.1. The standard InChI is InChI=1S/C13H25N3O.C13H22.C13H14.C12H18O3.C11H17N.C10H12O2.C9H11Cl.C9H18.C8H17N/c1-10(2)11-4-3-7-16(9-11)13(17)15-12-5-6-14-8-12;1-9(2)13-6-10-3-11(7-13)5-12(4-10)8-13;1-10(2)12-9-5-7-11-6-3-4-8-13(11)12;1-8(2)9-4-10(6-13)11(7-14)12(5-9)15-3;1-9(2)10-6-5-7-11(8-10)12(3)4;1-7(2)8-3-4-9-10(5-8)12-6-11-9;1-7(2)8-4-3-5-9(10)6-8;1-8(2)9-6-4-3-5-7-9;1-7(2)8-4-3-5-9-6-8/h10-12,14H,3-9H2,1-2H3,(H,15,17);9-12H,3-8H2,1-2H3;3-10H,1-2H3;4-5,8,13-14H,6-7H2,1-3H3;5-9H,1-4H3;3-5,7H,6H2,1-2H3;3-7H,1-2H3;8-9H,3-7H2,1-2H3;7-9H,3-6H2,1-2H3/t11?,12-;;;;;;;;/m1......../s1. The van der Waals surface area contributed by atoms with Gasteiger partial charge in [0.2, 0.25) is 6.79 Å². The van der Waals surface area contributed by atoms with Gasteiger partial charge in [-0.25, -0.2) is 4.79 Å². The topological polar surface area (TPSA) is 128 Å². The summed E-state index contributed by atoms with van der Waals surface area (Å²) in [6.07, 6.45) is 23.3. The van der Waals surface area contributed by atoms with Crippen LogP contribution in [0.1, 0.15) is 296 Å². The summed E-state index contributed by atoms with van der Waals surface area (Å²) in [7, 11) is 5.71. The van der Waals surface area contributed by atoms with Gasteiger partial charge in [-0.05, 0) is 271 Å². The molecule has 0 aromatic heterocycles. The summed E-state index contributed by atoms with van der Waals surface area (Å²) < 4.78 is 15.7. The van der Waals surface area contributed by atoms with Crippen LogP contribution in [-0.2, 0) is 13.2 Å². The average molecular weight is 1530 g/mol. The molecule has 6 aromatic rings. The van der Waals surface area contributed by atoms with Crippen molar-refractivity contribution in [3.63, 3.8) is 0 Å². The van der Waals surface area contributed by atoms with Crippen LogP contribution in [0, 0.1) is 64.6 Å². The summed E-state index contributed by atoms with van der Waals surface area (Å²) in [5, 5.41) is 31.8. The molecule has 4 bridgehead atoms. The number of aliphatic hydroxyl groups excluding tert-OH is 2. The minimum Gasteiger partial charge on any atom is -0.496 e. The molecular formula is C98H154ClN5O6. The van der Waals surface area contributed by atoms with Gasteiger partial charge in [-0.2, -0.15) is 0 Å². The van der Waals surface area contributed by atoms with Crippen LogP contribution in [0.15, 0.2) is 121 Å². The van der Waals surface area contributed by atoms with Crippen molar-refractivity contribution in [1.29, 1.82) is 0 Å². The van der Waals surface area contributed by atoms with Crippen LogP contribution in [0.4, 0.5) is 10.5 Å². The van der Waals surface area contributed by atoms with Gasteiger partial charge in [0.05, 0.1) is 20.3 Å². The number of nitrogens with zero attached hydrogens (tertiary/aromatic N) is 2. The Bertz CT molecular complexity index is 3450. The van der Waals surface area contributed by atoms with Crippen molar-refractivity contribution < 1.29 is 29.2 Å². The molecule has 2 amide bonds. The lowest BCUT2D eigenvalue weighted by molar-refractivity contribution is -0.0789. The van der Waals surface area contributed by atoms with Gasteiger partial charge < -0.3 is 50.2 Å². The number of fused-ring (bicyclic) bond motifs is 2. The van der Waals surface area contributed by atoms with E-state index in [4.69, 9.17) is 25.8 Å². The maximum absolute atomic E-state index is 12.1. The number of anilines is 1. The van der Waals surface area contributed by atoms with E-state index < -0.39 is 0 Å².